The monoisotopic (exact) mass is 305 g/mol. The standard InChI is InChI=1S/C15H19N3O4/c1-15(10-22-3)13(20)18(14(21)16-15)9-12(19)17(2)11-7-5-4-6-8-11/h4-8H,9-10H2,1-3H3,(H,16,21). The quantitative estimate of drug-likeness (QED) is 0.808. The van der Waals surface area contributed by atoms with Gasteiger partial charge in [-0.15, -0.1) is 0 Å². The Morgan fingerprint density at radius 2 is 1.95 bits per heavy atom. The summed E-state index contributed by atoms with van der Waals surface area (Å²) in [6.45, 7) is 1.31. The number of benzene rings is 1. The first-order valence-electron chi connectivity index (χ1n) is 6.83. The lowest BCUT2D eigenvalue weighted by Gasteiger charge is -2.22. The van der Waals surface area contributed by atoms with Crippen molar-refractivity contribution in [3.63, 3.8) is 0 Å². The minimum atomic E-state index is -1.13. The molecule has 2 rings (SSSR count). The summed E-state index contributed by atoms with van der Waals surface area (Å²) in [6, 6.07) is 8.43. The van der Waals surface area contributed by atoms with Crippen LogP contribution in [0.25, 0.3) is 0 Å². The molecule has 0 bridgehead atoms. The van der Waals surface area contributed by atoms with Crippen LogP contribution >= 0.6 is 0 Å². The number of urea groups is 1. The molecule has 1 saturated heterocycles. The van der Waals surface area contributed by atoms with Gasteiger partial charge in [0.05, 0.1) is 6.61 Å². The number of nitrogens with one attached hydrogen (secondary N) is 1. The van der Waals surface area contributed by atoms with Crippen LogP contribution < -0.4 is 10.2 Å². The predicted octanol–water partition coefficient (Wildman–Crippen LogP) is 0.606. The lowest BCUT2D eigenvalue weighted by Crippen LogP contribution is -2.48. The van der Waals surface area contributed by atoms with Crippen molar-refractivity contribution in [3.05, 3.63) is 30.3 Å². The van der Waals surface area contributed by atoms with Crippen LogP contribution in [0.3, 0.4) is 0 Å². The van der Waals surface area contributed by atoms with Crippen LogP contribution in [-0.2, 0) is 14.3 Å². The number of rotatable bonds is 5. The predicted molar refractivity (Wildman–Crippen MR) is 80.4 cm³/mol. The molecule has 1 aromatic rings. The number of hydrogen-bond acceptors (Lipinski definition) is 4. The number of ether oxygens (including phenoxy) is 1. The lowest BCUT2D eigenvalue weighted by atomic mass is 10.0. The van der Waals surface area contributed by atoms with Crippen molar-refractivity contribution in [2.45, 2.75) is 12.5 Å². The molecule has 118 valence electrons. The zero-order valence-corrected chi connectivity index (χ0v) is 12.8. The van der Waals surface area contributed by atoms with Crippen molar-refractivity contribution in [2.24, 2.45) is 0 Å². The summed E-state index contributed by atoms with van der Waals surface area (Å²) in [6.07, 6.45) is 0. The van der Waals surface area contributed by atoms with E-state index >= 15 is 0 Å². The third kappa shape index (κ3) is 2.94. The van der Waals surface area contributed by atoms with Gasteiger partial charge in [-0.05, 0) is 19.1 Å². The normalized spacial score (nSPS) is 21.0. The first-order valence-corrected chi connectivity index (χ1v) is 6.83. The summed E-state index contributed by atoms with van der Waals surface area (Å²) in [5.41, 5.74) is -0.434. The number of carbonyl (C=O) groups is 3. The maximum atomic E-state index is 12.3. The first kappa shape index (κ1) is 16.0. The maximum Gasteiger partial charge on any atom is 0.325 e. The van der Waals surface area contributed by atoms with E-state index in [0.717, 1.165) is 4.90 Å². The van der Waals surface area contributed by atoms with Gasteiger partial charge in [0, 0.05) is 19.8 Å². The van der Waals surface area contributed by atoms with E-state index in [4.69, 9.17) is 4.74 Å². The summed E-state index contributed by atoms with van der Waals surface area (Å²) in [5, 5.41) is 2.56. The number of methoxy groups -OCH3 is 1. The van der Waals surface area contributed by atoms with Gasteiger partial charge in [0.15, 0.2) is 0 Å². The number of anilines is 1. The highest BCUT2D eigenvalue weighted by molar-refractivity contribution is 6.10. The number of amides is 4. The van der Waals surface area contributed by atoms with Crippen molar-refractivity contribution >= 4 is 23.5 Å². The van der Waals surface area contributed by atoms with Gasteiger partial charge in [0.1, 0.15) is 12.1 Å². The smallest absolute Gasteiger partial charge is 0.325 e. The minimum Gasteiger partial charge on any atom is -0.382 e. The molecule has 0 aromatic heterocycles. The second-order valence-corrected chi connectivity index (χ2v) is 5.37. The summed E-state index contributed by atoms with van der Waals surface area (Å²) >= 11 is 0. The Morgan fingerprint density at radius 1 is 1.32 bits per heavy atom. The average molecular weight is 305 g/mol. The van der Waals surface area contributed by atoms with Gasteiger partial charge in [-0.25, -0.2) is 4.79 Å². The van der Waals surface area contributed by atoms with Crippen molar-refractivity contribution in [1.82, 2.24) is 10.2 Å². The molecular weight excluding hydrogens is 286 g/mol. The summed E-state index contributed by atoms with van der Waals surface area (Å²) in [7, 11) is 3.05. The van der Waals surface area contributed by atoms with Crippen LogP contribution in [-0.4, -0.2) is 55.6 Å². The molecular formula is C15H19N3O4. The van der Waals surface area contributed by atoms with Crippen LogP contribution in [0.4, 0.5) is 10.5 Å². The topological polar surface area (TPSA) is 79.0 Å². The number of carbonyl (C=O) groups excluding carboxylic acids is 3. The second-order valence-electron chi connectivity index (χ2n) is 5.37. The number of hydrogen-bond donors (Lipinski definition) is 1. The molecule has 1 N–H and O–H groups in total. The molecule has 1 atom stereocenters. The van der Waals surface area contributed by atoms with E-state index < -0.39 is 17.5 Å². The molecule has 7 heteroatoms. The van der Waals surface area contributed by atoms with Gasteiger partial charge in [0.2, 0.25) is 5.91 Å². The molecule has 0 aliphatic carbocycles. The molecule has 4 amide bonds. The van der Waals surface area contributed by atoms with Gasteiger partial charge in [-0.2, -0.15) is 0 Å². The minimum absolute atomic E-state index is 0.0524. The number of likely N-dealkylation sites (N-methyl/N-ethyl adjacent to an activating group) is 1. The van der Waals surface area contributed by atoms with Crippen molar-refractivity contribution < 1.29 is 19.1 Å². The van der Waals surface area contributed by atoms with Crippen molar-refractivity contribution in [1.29, 1.82) is 0 Å². The molecule has 0 saturated carbocycles. The average Bonchev–Trinajstić information content (AvgIpc) is 2.71. The van der Waals surface area contributed by atoms with Crippen LogP contribution in [0.15, 0.2) is 30.3 Å². The Labute approximate surface area is 128 Å². The molecule has 1 aromatic carbocycles. The Kier molecular flexibility index (Phi) is 4.46. The van der Waals surface area contributed by atoms with Gasteiger partial charge in [-0.1, -0.05) is 18.2 Å². The third-order valence-corrected chi connectivity index (χ3v) is 3.59. The summed E-state index contributed by atoms with van der Waals surface area (Å²) < 4.78 is 4.96. The van der Waals surface area contributed by atoms with E-state index in [0.29, 0.717) is 5.69 Å². The van der Waals surface area contributed by atoms with E-state index in [1.807, 2.05) is 18.2 Å². The molecule has 22 heavy (non-hydrogen) atoms. The van der Waals surface area contributed by atoms with Crippen LogP contribution in [0.2, 0.25) is 0 Å². The first-order chi connectivity index (χ1) is 10.4. The molecule has 1 unspecified atom stereocenters. The Hall–Kier alpha value is -2.41. The van der Waals surface area contributed by atoms with Crippen molar-refractivity contribution in [2.75, 3.05) is 32.2 Å². The van der Waals surface area contributed by atoms with Crippen LogP contribution in [0.1, 0.15) is 6.92 Å². The van der Waals surface area contributed by atoms with Crippen LogP contribution in [0, 0.1) is 0 Å². The molecule has 1 aliphatic rings. The zero-order valence-electron chi connectivity index (χ0n) is 12.8. The maximum absolute atomic E-state index is 12.3. The Bertz CT molecular complexity index is 590. The largest absolute Gasteiger partial charge is 0.382 e. The summed E-state index contributed by atoms with van der Waals surface area (Å²) in [5.74, 6) is -0.814. The van der Waals surface area contributed by atoms with E-state index in [1.54, 1.807) is 26.1 Å². The molecule has 1 heterocycles. The lowest BCUT2D eigenvalue weighted by molar-refractivity contribution is -0.135. The fourth-order valence-electron chi connectivity index (χ4n) is 2.31. The fraction of sp³-hybridized carbons (Fsp3) is 0.400. The molecule has 1 fully saturated rings. The Balaban J connectivity index is 2.09. The highest BCUT2D eigenvalue weighted by atomic mass is 16.5. The van der Waals surface area contributed by atoms with E-state index in [2.05, 4.69) is 5.32 Å². The molecule has 1 aliphatic heterocycles. The van der Waals surface area contributed by atoms with E-state index in [9.17, 15) is 14.4 Å². The molecule has 0 spiro atoms. The van der Waals surface area contributed by atoms with E-state index in [-0.39, 0.29) is 19.1 Å². The number of imide groups is 1. The molecule has 0 radical (unpaired) electrons. The van der Waals surface area contributed by atoms with Gasteiger partial charge in [-0.3, -0.25) is 14.5 Å². The number of para-hydroxylation sites is 1. The molecule has 7 nitrogen and oxygen atoms in total. The SMILES string of the molecule is COCC1(C)NC(=O)N(CC(=O)N(C)c2ccccc2)C1=O. The van der Waals surface area contributed by atoms with Gasteiger partial charge >= 0.3 is 6.03 Å². The van der Waals surface area contributed by atoms with Gasteiger partial charge in [0.25, 0.3) is 5.91 Å². The fourth-order valence-corrected chi connectivity index (χ4v) is 2.31. The summed E-state index contributed by atoms with van der Waals surface area (Å²) in [4.78, 5) is 38.9. The highest BCUT2D eigenvalue weighted by Crippen LogP contribution is 2.19. The van der Waals surface area contributed by atoms with Crippen molar-refractivity contribution in [3.8, 4) is 0 Å². The van der Waals surface area contributed by atoms with Crippen LogP contribution in [0.5, 0.6) is 0 Å². The number of nitrogens with zero attached hydrogens (tertiary/aromatic N) is 2. The second kappa shape index (κ2) is 6.15. The Morgan fingerprint density at radius 3 is 2.55 bits per heavy atom. The van der Waals surface area contributed by atoms with Gasteiger partial charge < -0.3 is 15.0 Å². The van der Waals surface area contributed by atoms with E-state index in [1.165, 1.54) is 12.0 Å². The zero-order chi connectivity index (χ0) is 16.3. The third-order valence-electron chi connectivity index (χ3n) is 3.59. The highest BCUT2D eigenvalue weighted by Gasteiger charge is 2.48.